The number of carbonyl (C=O) groups is 3. The Morgan fingerprint density at radius 2 is 1.65 bits per heavy atom. The molecule has 1 aliphatic heterocycles. The van der Waals surface area contributed by atoms with E-state index in [2.05, 4.69) is 10.6 Å². The van der Waals surface area contributed by atoms with Crippen molar-refractivity contribution in [1.29, 1.82) is 0 Å². The highest BCUT2D eigenvalue weighted by Crippen LogP contribution is 2.28. The van der Waals surface area contributed by atoms with Crippen LogP contribution in [0.2, 0.25) is 0 Å². The number of alkyl carbamates (subject to hydrolysis) is 1. The van der Waals surface area contributed by atoms with E-state index in [1.807, 2.05) is 0 Å². The van der Waals surface area contributed by atoms with E-state index >= 15 is 0 Å². The van der Waals surface area contributed by atoms with Crippen LogP contribution in [0.15, 0.2) is 12.1 Å². The third-order valence-electron chi connectivity index (χ3n) is 5.35. The van der Waals surface area contributed by atoms with Gasteiger partial charge in [0.1, 0.15) is 11.4 Å². The maximum Gasteiger partial charge on any atom is 0.407 e. The third-order valence-corrected chi connectivity index (χ3v) is 5.35. The maximum atomic E-state index is 14.0. The molecular formula is C24H34F3N3O4. The van der Waals surface area contributed by atoms with E-state index in [0.717, 1.165) is 31.7 Å². The second-order valence-electron chi connectivity index (χ2n) is 9.59. The van der Waals surface area contributed by atoms with Crippen LogP contribution in [0.25, 0.3) is 0 Å². The summed E-state index contributed by atoms with van der Waals surface area (Å²) >= 11 is 0. The van der Waals surface area contributed by atoms with E-state index < -0.39 is 35.2 Å². The zero-order chi connectivity index (χ0) is 25.5. The number of likely N-dealkylation sites (tertiary alicyclic amines) is 1. The van der Waals surface area contributed by atoms with Crippen molar-refractivity contribution in [2.24, 2.45) is 5.92 Å². The molecule has 10 heteroatoms. The van der Waals surface area contributed by atoms with Gasteiger partial charge in [-0.15, -0.1) is 0 Å². The van der Waals surface area contributed by atoms with Crippen molar-refractivity contribution in [1.82, 2.24) is 15.5 Å². The van der Waals surface area contributed by atoms with Gasteiger partial charge in [-0.2, -0.15) is 0 Å². The first-order valence-electron chi connectivity index (χ1n) is 11.5. The summed E-state index contributed by atoms with van der Waals surface area (Å²) in [5.74, 6) is -3.02. The summed E-state index contributed by atoms with van der Waals surface area (Å²) < 4.78 is 45.8. The summed E-state index contributed by atoms with van der Waals surface area (Å²) in [7, 11) is 1.68. The number of carbonyl (C=O) groups excluding carboxylic acids is 3. The number of nitrogens with zero attached hydrogens (tertiary/aromatic N) is 1. The number of rotatable bonds is 6. The van der Waals surface area contributed by atoms with Gasteiger partial charge in [-0.1, -0.05) is 0 Å². The zero-order valence-corrected chi connectivity index (χ0v) is 20.2. The van der Waals surface area contributed by atoms with Crippen molar-refractivity contribution in [3.63, 3.8) is 0 Å². The van der Waals surface area contributed by atoms with Gasteiger partial charge in [0.05, 0.1) is 0 Å². The topological polar surface area (TPSA) is 87.7 Å². The van der Waals surface area contributed by atoms with Crippen LogP contribution in [0.3, 0.4) is 0 Å². The molecule has 0 aromatic heterocycles. The molecule has 1 atom stereocenters. The first kappa shape index (κ1) is 27.5. The van der Waals surface area contributed by atoms with Crippen LogP contribution < -0.4 is 10.6 Å². The van der Waals surface area contributed by atoms with Crippen LogP contribution in [0, 0.1) is 23.4 Å². The van der Waals surface area contributed by atoms with Gasteiger partial charge >= 0.3 is 6.09 Å². The number of hydrogen-bond donors (Lipinski definition) is 2. The average Bonchev–Trinajstić information content (AvgIpc) is 3.43. The maximum absolute atomic E-state index is 14.0. The fraction of sp³-hybridized carbons (Fsp3) is 0.625. The largest absolute Gasteiger partial charge is 0.444 e. The molecule has 1 unspecified atom stereocenters. The van der Waals surface area contributed by atoms with Gasteiger partial charge < -0.3 is 20.3 Å². The van der Waals surface area contributed by atoms with E-state index in [1.165, 1.54) is 0 Å². The highest BCUT2D eigenvalue weighted by molar-refractivity contribution is 5.80. The smallest absolute Gasteiger partial charge is 0.407 e. The zero-order valence-electron chi connectivity index (χ0n) is 20.2. The molecule has 2 fully saturated rings. The Hall–Kier alpha value is -2.78. The van der Waals surface area contributed by atoms with Crippen molar-refractivity contribution < 1.29 is 32.3 Å². The molecule has 1 aromatic rings. The van der Waals surface area contributed by atoms with Gasteiger partial charge in [0.25, 0.3) is 0 Å². The third kappa shape index (κ3) is 9.23. The predicted molar refractivity (Wildman–Crippen MR) is 120 cm³/mol. The second kappa shape index (κ2) is 12.1. The van der Waals surface area contributed by atoms with Gasteiger partial charge in [-0.25, -0.2) is 18.0 Å². The number of nitrogens with one attached hydrogen (secondary N) is 2. The number of ether oxygens (including phenoxy) is 1. The molecule has 0 bridgehead atoms. The van der Waals surface area contributed by atoms with E-state index in [0.29, 0.717) is 25.1 Å². The van der Waals surface area contributed by atoms with E-state index in [9.17, 15) is 27.6 Å². The lowest BCUT2D eigenvalue weighted by Gasteiger charge is -2.25. The molecule has 34 heavy (non-hydrogen) atoms. The van der Waals surface area contributed by atoms with Crippen molar-refractivity contribution in [2.45, 2.75) is 70.9 Å². The number of hydrogen-bond acceptors (Lipinski definition) is 4. The Morgan fingerprint density at radius 3 is 2.15 bits per heavy atom. The van der Waals surface area contributed by atoms with Crippen molar-refractivity contribution in [3.05, 3.63) is 35.1 Å². The molecule has 1 aromatic carbocycles. The molecule has 2 N–H and O–H groups in total. The SMILES string of the molecule is CC(C)(C)OC(=O)NC(CC(=O)N1CCCC1)Cc1cc(F)c(F)cc1F.CNC(=O)C1CC1. The fourth-order valence-corrected chi connectivity index (χ4v) is 3.49. The molecule has 0 radical (unpaired) electrons. The Balaban J connectivity index is 0.000000497. The molecule has 1 aliphatic carbocycles. The molecule has 2 aliphatic rings. The van der Waals surface area contributed by atoms with Gasteiger partial charge in [-0.05, 0) is 64.5 Å². The highest BCUT2D eigenvalue weighted by Gasteiger charge is 2.28. The van der Waals surface area contributed by atoms with Crippen molar-refractivity contribution in [2.75, 3.05) is 20.1 Å². The molecule has 3 rings (SSSR count). The van der Waals surface area contributed by atoms with Crippen LogP contribution in [0.1, 0.15) is 58.4 Å². The van der Waals surface area contributed by atoms with Crippen LogP contribution >= 0.6 is 0 Å². The fourth-order valence-electron chi connectivity index (χ4n) is 3.49. The second-order valence-corrected chi connectivity index (χ2v) is 9.59. The molecular weight excluding hydrogens is 451 g/mol. The summed E-state index contributed by atoms with van der Waals surface area (Å²) in [5, 5.41) is 5.13. The van der Waals surface area contributed by atoms with Crippen LogP contribution in [0.5, 0.6) is 0 Å². The molecule has 3 amide bonds. The first-order chi connectivity index (χ1) is 15.9. The summed E-state index contributed by atoms with van der Waals surface area (Å²) in [4.78, 5) is 36.6. The minimum absolute atomic E-state index is 0.0856. The summed E-state index contributed by atoms with van der Waals surface area (Å²) in [6.45, 7) is 6.33. The normalized spacial score (nSPS) is 16.3. The minimum atomic E-state index is -1.29. The molecule has 0 spiro atoms. The lowest BCUT2D eigenvalue weighted by Crippen LogP contribution is -2.43. The lowest BCUT2D eigenvalue weighted by molar-refractivity contribution is -0.130. The standard InChI is InChI=1S/C19H25F3N2O3.C5H9NO/c1-19(2,3)27-18(26)23-13(10-17(25)24-6-4-5-7-24)8-12-9-15(21)16(22)11-14(12)20;1-6-5(7)4-2-3-4/h9,11,13H,4-8,10H2,1-3H3,(H,23,26);4H,2-3H2,1H3,(H,6,7). The molecule has 1 heterocycles. The Labute approximate surface area is 198 Å². The lowest BCUT2D eigenvalue weighted by atomic mass is 10.0. The highest BCUT2D eigenvalue weighted by atomic mass is 19.2. The Bertz CT molecular complexity index is 879. The number of halogens is 3. The van der Waals surface area contributed by atoms with Gasteiger partial charge in [0.15, 0.2) is 11.6 Å². The average molecular weight is 486 g/mol. The summed E-state index contributed by atoms with van der Waals surface area (Å²) in [5.41, 5.74) is -0.870. The van der Waals surface area contributed by atoms with Crippen molar-refractivity contribution in [3.8, 4) is 0 Å². The molecule has 1 saturated heterocycles. The Kier molecular flexibility index (Phi) is 9.76. The Morgan fingerprint density at radius 1 is 1.06 bits per heavy atom. The van der Waals surface area contributed by atoms with E-state index in [1.54, 1.807) is 32.7 Å². The minimum Gasteiger partial charge on any atom is -0.444 e. The summed E-state index contributed by atoms with van der Waals surface area (Å²) in [6, 6.07) is 0.388. The van der Waals surface area contributed by atoms with E-state index in [-0.39, 0.29) is 30.2 Å². The quantitative estimate of drug-likeness (QED) is 0.602. The molecule has 7 nitrogen and oxygen atoms in total. The predicted octanol–water partition coefficient (Wildman–Crippen LogP) is 3.69. The number of benzene rings is 1. The van der Waals surface area contributed by atoms with Gasteiger partial charge in [0.2, 0.25) is 11.8 Å². The van der Waals surface area contributed by atoms with Crippen LogP contribution in [-0.4, -0.2) is 54.6 Å². The molecule has 1 saturated carbocycles. The molecule has 190 valence electrons. The van der Waals surface area contributed by atoms with Gasteiger partial charge in [-0.3, -0.25) is 9.59 Å². The summed E-state index contributed by atoms with van der Waals surface area (Å²) in [6.07, 6.45) is 3.00. The van der Waals surface area contributed by atoms with Crippen molar-refractivity contribution >= 4 is 17.9 Å². The number of amides is 3. The monoisotopic (exact) mass is 485 g/mol. The first-order valence-corrected chi connectivity index (χ1v) is 11.5. The van der Waals surface area contributed by atoms with Crippen LogP contribution in [0.4, 0.5) is 18.0 Å². The van der Waals surface area contributed by atoms with Crippen LogP contribution in [-0.2, 0) is 20.7 Å². The van der Waals surface area contributed by atoms with E-state index in [4.69, 9.17) is 4.74 Å². The van der Waals surface area contributed by atoms with Gasteiger partial charge in [0, 0.05) is 44.6 Å².